The van der Waals surface area contributed by atoms with E-state index in [4.69, 9.17) is 0 Å². The molecule has 0 N–H and O–H groups in total. The lowest BCUT2D eigenvalue weighted by Gasteiger charge is -2.57. The third kappa shape index (κ3) is 15.1. The summed E-state index contributed by atoms with van der Waals surface area (Å²) in [6, 6.07) is 0. The Kier molecular flexibility index (Phi) is 29.4. The van der Waals surface area contributed by atoms with Crippen LogP contribution in [0.15, 0.2) is 0 Å². The van der Waals surface area contributed by atoms with Crippen LogP contribution in [-0.4, -0.2) is 59.6 Å². The average molecular weight is 635 g/mol. The topological polar surface area (TPSA) is 0 Å². The highest BCUT2D eigenvalue weighted by Crippen LogP contribution is 2.81. The molecule has 0 nitrogen and oxygen atoms in total. The van der Waals surface area contributed by atoms with Gasteiger partial charge in [-0.1, -0.05) is 145 Å². The summed E-state index contributed by atoms with van der Waals surface area (Å²) < 4.78 is 0. The van der Waals surface area contributed by atoms with Crippen LogP contribution < -0.4 is 0 Å². The van der Waals surface area contributed by atoms with Crippen molar-refractivity contribution >= 4 is 31.7 Å². The maximum absolute atomic E-state index is 2.74. The van der Waals surface area contributed by atoms with E-state index in [-0.39, 0.29) is 31.7 Å². The smallest absolute Gasteiger partial charge is 0.0209 e. The van der Waals surface area contributed by atoms with Gasteiger partial charge in [0.25, 0.3) is 0 Å². The van der Waals surface area contributed by atoms with Crippen molar-refractivity contribution in [2.45, 2.75) is 182 Å². The molecule has 0 spiro atoms. The molecule has 0 radical (unpaired) electrons. The van der Waals surface area contributed by atoms with E-state index in [1.54, 1.807) is 49.3 Å². The first-order valence-electron chi connectivity index (χ1n) is 18.5. The van der Waals surface area contributed by atoms with Crippen molar-refractivity contribution in [2.75, 3.05) is 49.3 Å². The Morgan fingerprint density at radius 3 is 0.775 bits per heavy atom. The molecule has 40 heavy (non-hydrogen) atoms. The molecule has 0 fully saturated rings. The molecular formula is C36H78P4. The van der Waals surface area contributed by atoms with Crippen LogP contribution in [0.4, 0.5) is 0 Å². The van der Waals surface area contributed by atoms with E-state index in [0.29, 0.717) is 0 Å². The molecule has 0 unspecified atom stereocenters. The van der Waals surface area contributed by atoms with Crippen molar-refractivity contribution in [1.82, 2.24) is 0 Å². The Balaban J connectivity index is 7.42. The van der Waals surface area contributed by atoms with Crippen LogP contribution in [0.25, 0.3) is 0 Å². The van der Waals surface area contributed by atoms with Gasteiger partial charge in [-0.2, -0.15) is 0 Å². The Morgan fingerprint density at radius 1 is 0.350 bits per heavy atom. The molecule has 4 heteroatoms. The fourth-order valence-electron chi connectivity index (χ4n) is 6.52. The lowest BCUT2D eigenvalue weighted by molar-refractivity contribution is 0.739. The molecule has 0 aromatic rings. The van der Waals surface area contributed by atoms with Crippen LogP contribution in [0, 0.1) is 0 Å². The zero-order valence-electron chi connectivity index (χ0n) is 29.5. The fraction of sp³-hybridized carbons (Fsp3) is 1.00. The molecule has 0 saturated carbocycles. The molecule has 0 aromatic carbocycles. The van der Waals surface area contributed by atoms with Gasteiger partial charge in [0.05, 0.1) is 0 Å². The van der Waals surface area contributed by atoms with Crippen LogP contribution in [0.3, 0.4) is 0 Å². The Bertz CT molecular complexity index is 453. The minimum absolute atomic E-state index is 0.104. The molecule has 242 valence electrons. The van der Waals surface area contributed by atoms with Gasteiger partial charge >= 0.3 is 0 Å². The van der Waals surface area contributed by atoms with Gasteiger partial charge in [-0.05, 0) is 107 Å². The molecule has 0 atom stereocenters. The number of hydrogen-bond acceptors (Lipinski definition) is 0. The van der Waals surface area contributed by atoms with Crippen molar-refractivity contribution in [3.8, 4) is 0 Å². The normalized spacial score (nSPS) is 12.8. The quantitative estimate of drug-likeness (QED) is 0.0690. The van der Waals surface area contributed by atoms with Crippen molar-refractivity contribution in [3.05, 3.63) is 0 Å². The van der Waals surface area contributed by atoms with Gasteiger partial charge in [-0.25, -0.2) is 0 Å². The predicted molar refractivity (Wildman–Crippen MR) is 203 cm³/mol. The first-order valence-corrected chi connectivity index (χ1v) is 25.5. The lowest BCUT2D eigenvalue weighted by atomic mass is 10.3. The summed E-state index contributed by atoms with van der Waals surface area (Å²) in [6.45, 7) is 22.5. The van der Waals surface area contributed by atoms with E-state index in [9.17, 15) is 0 Å². The summed E-state index contributed by atoms with van der Waals surface area (Å²) in [6.07, 6.45) is 37.5. The average Bonchev–Trinajstić information content (AvgIpc) is 2.97. The Morgan fingerprint density at radius 2 is 0.575 bits per heavy atom. The molecule has 0 saturated heterocycles. The molecule has 0 aliphatic rings. The first-order chi connectivity index (χ1) is 19.5. The summed E-state index contributed by atoms with van der Waals surface area (Å²) in [5, 5.41) is 1.12. The summed E-state index contributed by atoms with van der Waals surface area (Å²) >= 11 is 0. The second-order valence-electron chi connectivity index (χ2n) is 12.5. The van der Waals surface area contributed by atoms with Crippen LogP contribution in [0.2, 0.25) is 0 Å². The molecule has 0 bridgehead atoms. The van der Waals surface area contributed by atoms with Gasteiger partial charge in [0, 0.05) is 10.3 Å². The van der Waals surface area contributed by atoms with Crippen molar-refractivity contribution in [3.63, 3.8) is 0 Å². The van der Waals surface area contributed by atoms with Gasteiger partial charge in [0.1, 0.15) is 0 Å². The van der Waals surface area contributed by atoms with Crippen LogP contribution in [0.1, 0.15) is 171 Å². The van der Waals surface area contributed by atoms with E-state index in [2.05, 4.69) is 62.3 Å². The first kappa shape index (κ1) is 41.7. The second-order valence-corrected chi connectivity index (χ2v) is 24.0. The second kappa shape index (κ2) is 28.2. The summed E-state index contributed by atoms with van der Waals surface area (Å²) in [7, 11) is 0.477. The standard InChI is InChI=1S/C36H78P4/c1-10-19-27-37(28-20-11-2)35(38(29-21-12-3)30-22-13-4)36(18-9,39(31-23-14-5)32-24-15-6)40(33-25-16-7)34-26-17-8/h35H,10-34H2,1-9H3. The minimum Gasteiger partial charge on any atom is -0.0978 e. The molecule has 0 heterocycles. The fourth-order valence-corrected chi connectivity index (χ4v) is 28.7. The largest absolute Gasteiger partial charge is 0.0978 e. The van der Waals surface area contributed by atoms with E-state index in [0.717, 1.165) is 10.3 Å². The summed E-state index contributed by atoms with van der Waals surface area (Å²) in [5.74, 6) is 0. The van der Waals surface area contributed by atoms with E-state index in [1.807, 2.05) is 0 Å². The van der Waals surface area contributed by atoms with Crippen LogP contribution in [0.5, 0.6) is 0 Å². The Labute approximate surface area is 262 Å². The van der Waals surface area contributed by atoms with E-state index < -0.39 is 0 Å². The molecule has 0 aromatic heterocycles. The minimum atomic E-state index is 0.104. The highest BCUT2D eigenvalue weighted by molar-refractivity contribution is 7.84. The van der Waals surface area contributed by atoms with E-state index in [1.165, 1.54) is 109 Å². The van der Waals surface area contributed by atoms with Crippen molar-refractivity contribution in [1.29, 1.82) is 0 Å². The third-order valence-corrected chi connectivity index (χ3v) is 26.1. The van der Waals surface area contributed by atoms with Gasteiger partial charge in [0.2, 0.25) is 0 Å². The van der Waals surface area contributed by atoms with Crippen molar-refractivity contribution in [2.24, 2.45) is 0 Å². The maximum atomic E-state index is 2.74. The van der Waals surface area contributed by atoms with Gasteiger partial charge in [-0.3, -0.25) is 0 Å². The zero-order chi connectivity index (χ0) is 30.1. The molecule has 0 aliphatic heterocycles. The number of hydrogen-bond donors (Lipinski definition) is 0. The maximum Gasteiger partial charge on any atom is 0.0209 e. The van der Waals surface area contributed by atoms with Gasteiger partial charge in [0.15, 0.2) is 0 Å². The number of rotatable bonds is 30. The van der Waals surface area contributed by atoms with Crippen LogP contribution in [-0.2, 0) is 0 Å². The van der Waals surface area contributed by atoms with Crippen LogP contribution >= 0.6 is 31.7 Å². The van der Waals surface area contributed by atoms with E-state index >= 15 is 0 Å². The molecule has 0 aliphatic carbocycles. The predicted octanol–water partition coefficient (Wildman–Crippen LogP) is 14.7. The lowest BCUT2D eigenvalue weighted by Crippen LogP contribution is -2.41. The molecule has 0 rings (SSSR count). The highest BCUT2D eigenvalue weighted by atomic mass is 31.2. The van der Waals surface area contributed by atoms with Gasteiger partial charge in [-0.15, -0.1) is 0 Å². The SMILES string of the molecule is CCCCP(CCCC)C(P(CCCC)CCCC)C(CC)(P(CCCC)CCCC)P(CCCC)CCCC. The van der Waals surface area contributed by atoms with Crippen molar-refractivity contribution < 1.29 is 0 Å². The monoisotopic (exact) mass is 635 g/mol. The number of unbranched alkanes of at least 4 members (excludes halogenated alkanes) is 8. The molecular weight excluding hydrogens is 556 g/mol. The highest BCUT2D eigenvalue weighted by Gasteiger charge is 2.52. The zero-order valence-corrected chi connectivity index (χ0v) is 33.1. The van der Waals surface area contributed by atoms with Gasteiger partial charge < -0.3 is 0 Å². The summed E-state index contributed by atoms with van der Waals surface area (Å²) in [4.78, 5) is 0.722. The molecule has 0 amide bonds. The summed E-state index contributed by atoms with van der Waals surface area (Å²) in [5.41, 5.74) is 0. The Hall–Kier alpha value is 1.72. The third-order valence-electron chi connectivity index (χ3n) is 9.04.